The summed E-state index contributed by atoms with van der Waals surface area (Å²) in [5.41, 5.74) is 0.773. The van der Waals surface area contributed by atoms with Crippen LogP contribution in [0, 0.1) is 0 Å². The lowest BCUT2D eigenvalue weighted by molar-refractivity contribution is 0.281. The van der Waals surface area contributed by atoms with E-state index in [2.05, 4.69) is 15.3 Å². The fourth-order valence-corrected chi connectivity index (χ4v) is 1.49. The van der Waals surface area contributed by atoms with Gasteiger partial charge in [0, 0.05) is 17.8 Å². The van der Waals surface area contributed by atoms with Gasteiger partial charge in [0.2, 0.25) is 0 Å². The first-order valence-electron chi connectivity index (χ1n) is 5.61. The number of nitrogens with zero attached hydrogens (tertiary/aromatic N) is 2. The van der Waals surface area contributed by atoms with E-state index in [1.807, 2.05) is 20.1 Å². The molecule has 90 valence electrons. The summed E-state index contributed by atoms with van der Waals surface area (Å²) in [6.45, 7) is 3.99. The quantitative estimate of drug-likeness (QED) is 0.625. The minimum absolute atomic E-state index is 0.0102. The Morgan fingerprint density at radius 3 is 2.69 bits per heavy atom. The SMILES string of the molecule is CC.CSc1ncc(CO)c(NC2CC2)n1. The number of aliphatic hydroxyl groups excluding tert-OH is 1. The normalized spacial score (nSPS) is 14.0. The Bertz CT molecular complexity index is 329. The molecule has 0 spiro atoms. The summed E-state index contributed by atoms with van der Waals surface area (Å²) in [4.78, 5) is 8.43. The third kappa shape index (κ3) is 3.64. The lowest BCUT2D eigenvalue weighted by Crippen LogP contribution is -2.07. The van der Waals surface area contributed by atoms with Crippen LogP contribution in [0.25, 0.3) is 0 Å². The van der Waals surface area contributed by atoms with E-state index >= 15 is 0 Å². The van der Waals surface area contributed by atoms with Crippen LogP contribution in [-0.4, -0.2) is 27.4 Å². The van der Waals surface area contributed by atoms with Gasteiger partial charge in [0.1, 0.15) is 5.82 Å². The van der Waals surface area contributed by atoms with Crippen molar-refractivity contribution in [2.24, 2.45) is 0 Å². The van der Waals surface area contributed by atoms with Gasteiger partial charge in [0.15, 0.2) is 5.16 Å². The zero-order chi connectivity index (χ0) is 12.0. The van der Waals surface area contributed by atoms with Crippen molar-refractivity contribution in [2.45, 2.75) is 44.5 Å². The first kappa shape index (κ1) is 13.3. The average molecular weight is 241 g/mol. The van der Waals surface area contributed by atoms with E-state index in [0.29, 0.717) is 6.04 Å². The summed E-state index contributed by atoms with van der Waals surface area (Å²) in [5, 5.41) is 13.1. The van der Waals surface area contributed by atoms with Crippen molar-refractivity contribution in [1.82, 2.24) is 9.97 Å². The van der Waals surface area contributed by atoms with Gasteiger partial charge in [0.05, 0.1) is 6.61 Å². The fraction of sp³-hybridized carbons (Fsp3) is 0.636. The Hall–Kier alpha value is -0.810. The molecule has 1 aromatic rings. The van der Waals surface area contributed by atoms with Gasteiger partial charge in [-0.2, -0.15) is 0 Å². The molecule has 16 heavy (non-hydrogen) atoms. The summed E-state index contributed by atoms with van der Waals surface area (Å²) in [5.74, 6) is 0.786. The Morgan fingerprint density at radius 1 is 1.50 bits per heavy atom. The zero-order valence-electron chi connectivity index (χ0n) is 10.0. The standard InChI is InChI=1S/C9H13N3OS.C2H6/c1-14-9-10-4-6(5-13)8(12-9)11-7-2-3-7;1-2/h4,7,13H,2-3,5H2,1H3,(H,10,11,12);1-2H3. The number of hydrogen-bond donors (Lipinski definition) is 2. The molecule has 1 saturated carbocycles. The number of thioether (sulfide) groups is 1. The van der Waals surface area contributed by atoms with Crippen LogP contribution in [0.15, 0.2) is 11.4 Å². The van der Waals surface area contributed by atoms with Crippen LogP contribution in [0.3, 0.4) is 0 Å². The van der Waals surface area contributed by atoms with Gasteiger partial charge in [-0.15, -0.1) is 0 Å². The highest BCUT2D eigenvalue weighted by molar-refractivity contribution is 7.98. The maximum atomic E-state index is 9.09. The first-order valence-corrected chi connectivity index (χ1v) is 6.83. The van der Waals surface area contributed by atoms with E-state index < -0.39 is 0 Å². The number of anilines is 1. The minimum Gasteiger partial charge on any atom is -0.391 e. The van der Waals surface area contributed by atoms with Crippen LogP contribution in [0.2, 0.25) is 0 Å². The molecule has 0 radical (unpaired) electrons. The Kier molecular flexibility index (Phi) is 5.55. The summed E-state index contributed by atoms with van der Waals surface area (Å²) in [7, 11) is 0. The molecule has 0 saturated heterocycles. The van der Waals surface area contributed by atoms with Crippen LogP contribution < -0.4 is 5.32 Å². The molecule has 0 unspecified atom stereocenters. The van der Waals surface area contributed by atoms with Crippen LogP contribution in [-0.2, 0) is 6.61 Å². The Balaban J connectivity index is 0.000000606. The molecular formula is C11H19N3OS. The van der Waals surface area contributed by atoms with Gasteiger partial charge in [-0.05, 0) is 19.1 Å². The maximum absolute atomic E-state index is 9.09. The van der Waals surface area contributed by atoms with Crippen molar-refractivity contribution in [2.75, 3.05) is 11.6 Å². The Labute approximate surface area is 101 Å². The predicted molar refractivity (Wildman–Crippen MR) is 67.7 cm³/mol. The lowest BCUT2D eigenvalue weighted by Gasteiger charge is -2.08. The van der Waals surface area contributed by atoms with Crippen LogP contribution >= 0.6 is 11.8 Å². The van der Waals surface area contributed by atoms with Crippen LogP contribution in [0.5, 0.6) is 0 Å². The summed E-state index contributed by atoms with van der Waals surface area (Å²) in [6, 6.07) is 0.546. The smallest absolute Gasteiger partial charge is 0.189 e. The van der Waals surface area contributed by atoms with Crippen LogP contribution in [0.4, 0.5) is 5.82 Å². The predicted octanol–water partition coefficient (Wildman–Crippen LogP) is 2.29. The number of hydrogen-bond acceptors (Lipinski definition) is 5. The molecule has 4 nitrogen and oxygen atoms in total. The topological polar surface area (TPSA) is 58.0 Å². The van der Waals surface area contributed by atoms with Gasteiger partial charge in [-0.1, -0.05) is 25.6 Å². The second-order valence-electron chi connectivity index (χ2n) is 3.31. The van der Waals surface area contributed by atoms with Gasteiger partial charge >= 0.3 is 0 Å². The molecule has 2 N–H and O–H groups in total. The summed E-state index contributed by atoms with van der Waals surface area (Å²) >= 11 is 1.51. The molecular weight excluding hydrogens is 222 g/mol. The van der Waals surface area contributed by atoms with E-state index in [1.165, 1.54) is 24.6 Å². The molecule has 2 rings (SSSR count). The second-order valence-corrected chi connectivity index (χ2v) is 4.08. The van der Waals surface area contributed by atoms with Gasteiger partial charge in [0.25, 0.3) is 0 Å². The molecule has 1 aliphatic carbocycles. The number of aromatic nitrogens is 2. The Morgan fingerprint density at radius 2 is 2.19 bits per heavy atom. The summed E-state index contributed by atoms with van der Waals surface area (Å²) < 4.78 is 0. The first-order chi connectivity index (χ1) is 7.83. The van der Waals surface area contributed by atoms with E-state index in [4.69, 9.17) is 5.11 Å². The number of rotatable bonds is 4. The second kappa shape index (κ2) is 6.70. The van der Waals surface area contributed by atoms with Gasteiger partial charge in [-0.3, -0.25) is 0 Å². The van der Waals surface area contributed by atoms with Crippen molar-refractivity contribution in [3.63, 3.8) is 0 Å². The van der Waals surface area contributed by atoms with Crippen LogP contribution in [0.1, 0.15) is 32.3 Å². The number of aliphatic hydroxyl groups is 1. The largest absolute Gasteiger partial charge is 0.391 e. The van der Waals surface area contributed by atoms with Gasteiger partial charge < -0.3 is 10.4 Å². The molecule has 1 heterocycles. The average Bonchev–Trinajstić information content (AvgIpc) is 3.15. The molecule has 1 aliphatic rings. The van der Waals surface area contributed by atoms with E-state index in [9.17, 15) is 0 Å². The molecule has 1 fully saturated rings. The number of nitrogens with one attached hydrogen (secondary N) is 1. The molecule has 0 amide bonds. The lowest BCUT2D eigenvalue weighted by atomic mass is 10.3. The highest BCUT2D eigenvalue weighted by Crippen LogP contribution is 2.26. The van der Waals surface area contributed by atoms with Crippen molar-refractivity contribution in [3.8, 4) is 0 Å². The molecule has 5 heteroatoms. The fourth-order valence-electron chi connectivity index (χ4n) is 1.15. The van der Waals surface area contributed by atoms with E-state index in [1.54, 1.807) is 6.20 Å². The van der Waals surface area contributed by atoms with Crippen molar-refractivity contribution < 1.29 is 5.11 Å². The molecule has 1 aromatic heterocycles. The van der Waals surface area contributed by atoms with Crippen molar-refractivity contribution in [3.05, 3.63) is 11.8 Å². The highest BCUT2D eigenvalue weighted by Gasteiger charge is 2.22. The maximum Gasteiger partial charge on any atom is 0.189 e. The molecule has 0 bridgehead atoms. The van der Waals surface area contributed by atoms with Crippen molar-refractivity contribution in [1.29, 1.82) is 0 Å². The van der Waals surface area contributed by atoms with Crippen molar-refractivity contribution >= 4 is 17.6 Å². The monoisotopic (exact) mass is 241 g/mol. The molecule has 0 aliphatic heterocycles. The summed E-state index contributed by atoms with van der Waals surface area (Å²) in [6.07, 6.45) is 6.02. The zero-order valence-corrected chi connectivity index (χ0v) is 10.8. The third-order valence-electron chi connectivity index (χ3n) is 2.11. The van der Waals surface area contributed by atoms with Gasteiger partial charge in [-0.25, -0.2) is 9.97 Å². The van der Waals surface area contributed by atoms with E-state index in [0.717, 1.165) is 16.5 Å². The molecule has 0 aromatic carbocycles. The van der Waals surface area contributed by atoms with E-state index in [-0.39, 0.29) is 6.61 Å². The molecule has 0 atom stereocenters. The highest BCUT2D eigenvalue weighted by atomic mass is 32.2. The third-order valence-corrected chi connectivity index (χ3v) is 2.68. The minimum atomic E-state index is -0.0102.